The van der Waals surface area contributed by atoms with Crippen LogP contribution in [0.1, 0.15) is 26.7 Å². The monoisotopic (exact) mass is 246 g/mol. The van der Waals surface area contributed by atoms with Crippen molar-refractivity contribution >= 4 is 17.7 Å². The molecule has 4 nitrogen and oxygen atoms in total. The zero-order chi connectivity index (χ0) is 12.0. The van der Waals surface area contributed by atoms with Crippen LogP contribution >= 0.6 is 11.8 Å². The molecular weight excluding hydrogens is 224 g/mol. The van der Waals surface area contributed by atoms with Gasteiger partial charge in [0.15, 0.2) is 0 Å². The van der Waals surface area contributed by atoms with Gasteiger partial charge in [-0.3, -0.25) is 4.79 Å². The van der Waals surface area contributed by atoms with E-state index in [1.807, 2.05) is 18.7 Å². The van der Waals surface area contributed by atoms with E-state index in [2.05, 4.69) is 10.6 Å². The summed E-state index contributed by atoms with van der Waals surface area (Å²) in [5.41, 5.74) is 0. The Morgan fingerprint density at radius 3 is 2.94 bits per heavy atom. The minimum Gasteiger partial charge on any atom is -0.393 e. The Morgan fingerprint density at radius 2 is 2.38 bits per heavy atom. The van der Waals surface area contributed by atoms with Gasteiger partial charge < -0.3 is 15.7 Å². The Labute approximate surface area is 102 Å². The van der Waals surface area contributed by atoms with Gasteiger partial charge >= 0.3 is 0 Å². The highest BCUT2D eigenvalue weighted by Gasteiger charge is 2.17. The molecule has 1 amide bonds. The SMILES string of the molecule is CC(O)CC(C)NC(=O)CC1CSCCN1. The molecule has 1 heterocycles. The molecule has 1 fully saturated rings. The molecule has 5 heteroatoms. The Morgan fingerprint density at radius 1 is 1.62 bits per heavy atom. The number of carbonyl (C=O) groups is 1. The van der Waals surface area contributed by atoms with Crippen LogP contribution in [0.25, 0.3) is 0 Å². The minimum absolute atomic E-state index is 0.0451. The van der Waals surface area contributed by atoms with E-state index in [1.54, 1.807) is 6.92 Å². The summed E-state index contributed by atoms with van der Waals surface area (Å²) in [4.78, 5) is 11.7. The van der Waals surface area contributed by atoms with Crippen LogP contribution in [0.15, 0.2) is 0 Å². The molecule has 0 saturated carbocycles. The first-order valence-electron chi connectivity index (χ1n) is 5.86. The molecule has 0 aromatic heterocycles. The fourth-order valence-electron chi connectivity index (χ4n) is 1.88. The second-order valence-corrected chi connectivity index (χ2v) is 5.63. The van der Waals surface area contributed by atoms with Crippen molar-refractivity contribution in [1.29, 1.82) is 0 Å². The molecule has 3 unspecified atom stereocenters. The first kappa shape index (κ1) is 13.8. The van der Waals surface area contributed by atoms with Gasteiger partial charge in [0.25, 0.3) is 0 Å². The molecule has 3 N–H and O–H groups in total. The van der Waals surface area contributed by atoms with Crippen LogP contribution in [-0.4, -0.2) is 47.3 Å². The van der Waals surface area contributed by atoms with E-state index < -0.39 is 0 Å². The molecule has 0 radical (unpaired) electrons. The van der Waals surface area contributed by atoms with Gasteiger partial charge in [0.05, 0.1) is 6.10 Å². The van der Waals surface area contributed by atoms with Crippen LogP contribution in [-0.2, 0) is 4.79 Å². The van der Waals surface area contributed by atoms with Crippen LogP contribution in [0.2, 0.25) is 0 Å². The van der Waals surface area contributed by atoms with Gasteiger partial charge in [-0.1, -0.05) is 0 Å². The lowest BCUT2D eigenvalue weighted by atomic mass is 10.1. The molecule has 1 rings (SSSR count). The van der Waals surface area contributed by atoms with Crippen molar-refractivity contribution in [2.75, 3.05) is 18.1 Å². The van der Waals surface area contributed by atoms with Crippen molar-refractivity contribution in [2.24, 2.45) is 0 Å². The summed E-state index contributed by atoms with van der Waals surface area (Å²) in [6.45, 7) is 4.65. The lowest BCUT2D eigenvalue weighted by molar-refractivity contribution is -0.122. The van der Waals surface area contributed by atoms with Crippen molar-refractivity contribution in [1.82, 2.24) is 10.6 Å². The number of rotatable bonds is 5. The number of hydrogen-bond donors (Lipinski definition) is 3. The first-order chi connectivity index (χ1) is 7.58. The van der Waals surface area contributed by atoms with Crippen LogP contribution in [0.4, 0.5) is 0 Å². The van der Waals surface area contributed by atoms with Crippen molar-refractivity contribution < 1.29 is 9.90 Å². The second-order valence-electron chi connectivity index (χ2n) is 4.48. The van der Waals surface area contributed by atoms with Gasteiger partial charge in [0.1, 0.15) is 0 Å². The molecule has 0 aromatic carbocycles. The molecule has 3 atom stereocenters. The number of carbonyl (C=O) groups excluding carboxylic acids is 1. The quantitative estimate of drug-likeness (QED) is 0.655. The van der Waals surface area contributed by atoms with E-state index in [0.717, 1.165) is 18.1 Å². The number of amides is 1. The van der Waals surface area contributed by atoms with Gasteiger partial charge in [0, 0.05) is 36.6 Å². The fourth-order valence-corrected chi connectivity index (χ4v) is 2.83. The summed E-state index contributed by atoms with van der Waals surface area (Å²) < 4.78 is 0. The lowest BCUT2D eigenvalue weighted by Crippen LogP contribution is -2.43. The zero-order valence-electron chi connectivity index (χ0n) is 10.0. The molecule has 0 spiro atoms. The number of aliphatic hydroxyl groups excluding tert-OH is 1. The molecule has 94 valence electrons. The summed E-state index contributed by atoms with van der Waals surface area (Å²) in [6.07, 6.45) is 0.786. The summed E-state index contributed by atoms with van der Waals surface area (Å²) in [6, 6.07) is 0.348. The van der Waals surface area contributed by atoms with Crippen LogP contribution < -0.4 is 10.6 Å². The van der Waals surface area contributed by atoms with E-state index in [-0.39, 0.29) is 18.1 Å². The lowest BCUT2D eigenvalue weighted by Gasteiger charge is -2.23. The van der Waals surface area contributed by atoms with Gasteiger partial charge in [-0.25, -0.2) is 0 Å². The zero-order valence-corrected chi connectivity index (χ0v) is 10.8. The molecule has 1 aliphatic heterocycles. The Bertz CT molecular complexity index is 218. The smallest absolute Gasteiger partial charge is 0.221 e. The second kappa shape index (κ2) is 7.14. The van der Waals surface area contributed by atoms with Crippen molar-refractivity contribution in [3.63, 3.8) is 0 Å². The standard InChI is InChI=1S/C11H22N2O2S/c1-8(5-9(2)14)13-11(15)6-10-7-16-4-3-12-10/h8-10,12,14H,3-7H2,1-2H3,(H,13,15). The molecule has 0 aromatic rings. The predicted octanol–water partition coefficient (Wildman–Crippen LogP) is 0.357. The third-order valence-electron chi connectivity index (χ3n) is 2.53. The minimum atomic E-state index is -0.362. The number of thioether (sulfide) groups is 1. The maximum atomic E-state index is 11.7. The normalized spacial score (nSPS) is 24.8. The van der Waals surface area contributed by atoms with E-state index in [0.29, 0.717) is 18.9 Å². The highest BCUT2D eigenvalue weighted by atomic mass is 32.2. The summed E-state index contributed by atoms with van der Waals surface area (Å²) in [7, 11) is 0. The van der Waals surface area contributed by atoms with Crippen molar-refractivity contribution in [3.8, 4) is 0 Å². The number of aliphatic hydroxyl groups is 1. The Hall–Kier alpha value is -0.260. The highest BCUT2D eigenvalue weighted by molar-refractivity contribution is 7.99. The molecule has 0 bridgehead atoms. The van der Waals surface area contributed by atoms with E-state index in [9.17, 15) is 9.90 Å². The summed E-state index contributed by atoms with van der Waals surface area (Å²) in [5, 5.41) is 15.4. The third kappa shape index (κ3) is 5.72. The van der Waals surface area contributed by atoms with Gasteiger partial charge in [-0.2, -0.15) is 11.8 Å². The fraction of sp³-hybridized carbons (Fsp3) is 0.909. The number of hydrogen-bond acceptors (Lipinski definition) is 4. The molecule has 1 aliphatic rings. The third-order valence-corrected chi connectivity index (χ3v) is 3.66. The first-order valence-corrected chi connectivity index (χ1v) is 7.02. The van der Waals surface area contributed by atoms with Crippen LogP contribution in [0.3, 0.4) is 0 Å². The van der Waals surface area contributed by atoms with E-state index >= 15 is 0 Å². The number of nitrogens with one attached hydrogen (secondary N) is 2. The van der Waals surface area contributed by atoms with E-state index in [1.165, 1.54) is 0 Å². The largest absolute Gasteiger partial charge is 0.393 e. The molecular formula is C11H22N2O2S. The van der Waals surface area contributed by atoms with Gasteiger partial charge in [-0.05, 0) is 20.3 Å². The predicted molar refractivity (Wildman–Crippen MR) is 67.6 cm³/mol. The topological polar surface area (TPSA) is 61.4 Å². The van der Waals surface area contributed by atoms with Gasteiger partial charge in [-0.15, -0.1) is 0 Å². The summed E-state index contributed by atoms with van der Waals surface area (Å²) >= 11 is 1.89. The van der Waals surface area contributed by atoms with E-state index in [4.69, 9.17) is 0 Å². The Kier molecular flexibility index (Phi) is 6.16. The molecule has 1 saturated heterocycles. The molecule has 0 aliphatic carbocycles. The molecule has 16 heavy (non-hydrogen) atoms. The van der Waals surface area contributed by atoms with Crippen LogP contribution in [0, 0.1) is 0 Å². The summed E-state index contributed by atoms with van der Waals surface area (Å²) in [5.74, 6) is 2.22. The maximum Gasteiger partial charge on any atom is 0.221 e. The van der Waals surface area contributed by atoms with Crippen LogP contribution in [0.5, 0.6) is 0 Å². The van der Waals surface area contributed by atoms with Crippen molar-refractivity contribution in [2.45, 2.75) is 44.9 Å². The van der Waals surface area contributed by atoms with Crippen molar-refractivity contribution in [3.05, 3.63) is 0 Å². The average Bonchev–Trinajstić information content (AvgIpc) is 2.17. The average molecular weight is 246 g/mol. The highest BCUT2D eigenvalue weighted by Crippen LogP contribution is 2.10. The van der Waals surface area contributed by atoms with Gasteiger partial charge in [0.2, 0.25) is 5.91 Å². The maximum absolute atomic E-state index is 11.7. The Balaban J connectivity index is 2.18.